The van der Waals surface area contributed by atoms with Gasteiger partial charge in [-0.15, -0.1) is 0 Å². The summed E-state index contributed by atoms with van der Waals surface area (Å²) < 4.78 is 0. The van der Waals surface area contributed by atoms with Crippen LogP contribution in [-0.4, -0.2) is 40.6 Å². The number of thioether (sulfide) groups is 1. The van der Waals surface area contributed by atoms with E-state index >= 15 is 0 Å². The molecule has 0 aromatic carbocycles. The highest BCUT2D eigenvalue weighted by atomic mass is 32.2. The van der Waals surface area contributed by atoms with Crippen molar-refractivity contribution in [2.75, 3.05) is 11.5 Å². The number of hydrogen-bond donors (Lipinski definition) is 1. The molecule has 2 aliphatic rings. The zero-order chi connectivity index (χ0) is 11.7. The number of nitrogens with one attached hydrogen (secondary N) is 1. The van der Waals surface area contributed by atoms with Crippen LogP contribution in [0.2, 0.25) is 0 Å². The summed E-state index contributed by atoms with van der Waals surface area (Å²) in [5.41, 5.74) is 0. The molecule has 0 spiro atoms. The topological polar surface area (TPSA) is 32.3 Å². The summed E-state index contributed by atoms with van der Waals surface area (Å²) in [6, 6.07) is 0.454. The zero-order valence-electron chi connectivity index (χ0n) is 10.4. The van der Waals surface area contributed by atoms with Crippen LogP contribution in [-0.2, 0) is 4.79 Å². The first-order valence-electron chi connectivity index (χ1n) is 6.27. The number of amides is 1. The van der Waals surface area contributed by atoms with Gasteiger partial charge in [-0.05, 0) is 31.4 Å². The van der Waals surface area contributed by atoms with E-state index in [1.54, 1.807) is 0 Å². The largest absolute Gasteiger partial charge is 0.322 e. The number of nitrogens with zero attached hydrogens (tertiary/aromatic N) is 1. The maximum absolute atomic E-state index is 12.2. The predicted molar refractivity (Wildman–Crippen MR) is 68.4 cm³/mol. The molecule has 4 heteroatoms. The van der Waals surface area contributed by atoms with Crippen molar-refractivity contribution in [2.24, 2.45) is 5.92 Å². The Labute approximate surface area is 102 Å². The third-order valence-corrected chi connectivity index (χ3v) is 4.70. The molecule has 3 unspecified atom stereocenters. The van der Waals surface area contributed by atoms with Gasteiger partial charge in [0.15, 0.2) is 0 Å². The molecule has 2 aliphatic heterocycles. The highest BCUT2D eigenvalue weighted by Gasteiger charge is 2.41. The van der Waals surface area contributed by atoms with Gasteiger partial charge < -0.3 is 4.90 Å². The van der Waals surface area contributed by atoms with Crippen LogP contribution in [0.15, 0.2) is 0 Å². The molecular weight excluding hydrogens is 220 g/mol. The van der Waals surface area contributed by atoms with E-state index in [1.807, 2.05) is 18.7 Å². The predicted octanol–water partition coefficient (Wildman–Crippen LogP) is 1.68. The van der Waals surface area contributed by atoms with Crippen molar-refractivity contribution < 1.29 is 4.79 Å². The van der Waals surface area contributed by atoms with E-state index in [9.17, 15) is 4.79 Å². The van der Waals surface area contributed by atoms with Gasteiger partial charge >= 0.3 is 0 Å². The van der Waals surface area contributed by atoms with Crippen LogP contribution >= 0.6 is 11.8 Å². The lowest BCUT2D eigenvalue weighted by Gasteiger charge is -2.36. The molecule has 0 aliphatic carbocycles. The molecular formula is C12H22N2OS. The highest BCUT2D eigenvalue weighted by molar-refractivity contribution is 7.99. The van der Waals surface area contributed by atoms with E-state index in [4.69, 9.17) is 0 Å². The van der Waals surface area contributed by atoms with Crippen LogP contribution in [0.25, 0.3) is 0 Å². The van der Waals surface area contributed by atoms with Crippen molar-refractivity contribution in [2.45, 2.75) is 51.9 Å². The van der Waals surface area contributed by atoms with Gasteiger partial charge in [0.2, 0.25) is 5.91 Å². The lowest BCUT2D eigenvalue weighted by Crippen LogP contribution is -2.49. The summed E-state index contributed by atoms with van der Waals surface area (Å²) in [4.78, 5) is 14.3. The van der Waals surface area contributed by atoms with Gasteiger partial charge in [-0.2, -0.15) is 11.8 Å². The Hall–Kier alpha value is -0.220. The molecule has 0 aromatic heterocycles. The van der Waals surface area contributed by atoms with Crippen LogP contribution in [0.4, 0.5) is 0 Å². The third-order valence-electron chi connectivity index (χ3n) is 3.51. The number of carbonyl (C=O) groups excluding carboxylic acids is 1. The zero-order valence-corrected chi connectivity index (χ0v) is 11.2. The first-order chi connectivity index (χ1) is 7.61. The van der Waals surface area contributed by atoms with Crippen molar-refractivity contribution in [3.63, 3.8) is 0 Å². The summed E-state index contributed by atoms with van der Waals surface area (Å²) in [5.74, 6) is 3.16. The molecule has 16 heavy (non-hydrogen) atoms. The van der Waals surface area contributed by atoms with Gasteiger partial charge in [-0.25, -0.2) is 0 Å². The lowest BCUT2D eigenvalue weighted by molar-refractivity contribution is -0.132. The van der Waals surface area contributed by atoms with Gasteiger partial charge in [0.1, 0.15) is 0 Å². The summed E-state index contributed by atoms with van der Waals surface area (Å²) in [7, 11) is 0. The molecule has 1 amide bonds. The molecule has 0 radical (unpaired) electrons. The molecule has 92 valence electrons. The first kappa shape index (κ1) is 12.2. The van der Waals surface area contributed by atoms with E-state index < -0.39 is 0 Å². The smallest absolute Gasteiger partial charge is 0.241 e. The molecule has 0 aromatic rings. The minimum atomic E-state index is -0.000624. The molecule has 3 atom stereocenters. The molecule has 3 nitrogen and oxygen atoms in total. The fourth-order valence-electron chi connectivity index (χ4n) is 2.63. The minimum Gasteiger partial charge on any atom is -0.322 e. The summed E-state index contributed by atoms with van der Waals surface area (Å²) in [5, 5.41) is 3.42. The van der Waals surface area contributed by atoms with Gasteiger partial charge in [-0.3, -0.25) is 10.1 Å². The number of rotatable bonds is 2. The van der Waals surface area contributed by atoms with Crippen LogP contribution in [0.1, 0.15) is 33.6 Å². The van der Waals surface area contributed by atoms with Crippen molar-refractivity contribution in [1.82, 2.24) is 10.2 Å². The molecule has 0 saturated carbocycles. The summed E-state index contributed by atoms with van der Waals surface area (Å²) >= 11 is 1.99. The van der Waals surface area contributed by atoms with Crippen LogP contribution in [0.3, 0.4) is 0 Å². The Kier molecular flexibility index (Phi) is 3.80. The standard InChI is InChI=1S/C12H22N2OS/c1-8(2)11-13-9(3)12(15)14(11)10-5-4-6-16-7-10/h8-11,13H,4-7H2,1-3H3. The van der Waals surface area contributed by atoms with E-state index in [2.05, 4.69) is 24.1 Å². The van der Waals surface area contributed by atoms with Gasteiger partial charge in [0.25, 0.3) is 0 Å². The fourth-order valence-corrected chi connectivity index (χ4v) is 3.77. The molecule has 1 N–H and O–H groups in total. The Morgan fingerprint density at radius 3 is 2.81 bits per heavy atom. The quantitative estimate of drug-likeness (QED) is 0.799. The van der Waals surface area contributed by atoms with Gasteiger partial charge in [-0.1, -0.05) is 13.8 Å². The van der Waals surface area contributed by atoms with Crippen LogP contribution < -0.4 is 5.32 Å². The Balaban J connectivity index is 2.11. The average Bonchev–Trinajstić information content (AvgIpc) is 2.57. The summed E-state index contributed by atoms with van der Waals surface area (Å²) in [6.45, 7) is 6.35. The van der Waals surface area contributed by atoms with Gasteiger partial charge in [0, 0.05) is 11.8 Å². The fraction of sp³-hybridized carbons (Fsp3) is 0.917. The molecule has 2 heterocycles. The molecule has 2 rings (SSSR count). The van der Waals surface area contributed by atoms with E-state index in [0.29, 0.717) is 17.9 Å². The Morgan fingerprint density at radius 2 is 2.25 bits per heavy atom. The third kappa shape index (κ3) is 2.23. The Bertz CT molecular complexity index is 264. The molecule has 2 fully saturated rings. The van der Waals surface area contributed by atoms with Crippen LogP contribution in [0, 0.1) is 5.92 Å². The Morgan fingerprint density at radius 1 is 1.50 bits per heavy atom. The van der Waals surface area contributed by atoms with E-state index in [0.717, 1.165) is 5.75 Å². The number of hydrogen-bond acceptors (Lipinski definition) is 3. The van der Waals surface area contributed by atoms with Gasteiger partial charge in [0.05, 0.1) is 12.2 Å². The van der Waals surface area contributed by atoms with E-state index in [1.165, 1.54) is 18.6 Å². The maximum atomic E-state index is 12.2. The number of carbonyl (C=O) groups is 1. The second kappa shape index (κ2) is 4.96. The highest BCUT2D eigenvalue weighted by Crippen LogP contribution is 2.28. The minimum absolute atomic E-state index is 0.000624. The van der Waals surface area contributed by atoms with Crippen molar-refractivity contribution >= 4 is 17.7 Å². The van der Waals surface area contributed by atoms with Crippen molar-refractivity contribution in [1.29, 1.82) is 0 Å². The van der Waals surface area contributed by atoms with Crippen molar-refractivity contribution in [3.05, 3.63) is 0 Å². The first-order valence-corrected chi connectivity index (χ1v) is 7.42. The monoisotopic (exact) mass is 242 g/mol. The second-order valence-electron chi connectivity index (χ2n) is 5.19. The van der Waals surface area contributed by atoms with E-state index in [-0.39, 0.29) is 12.2 Å². The molecule has 0 bridgehead atoms. The SMILES string of the molecule is CC1NC(C(C)C)N(C2CCCSC2)C1=O. The summed E-state index contributed by atoms with van der Waals surface area (Å²) in [6.07, 6.45) is 2.67. The van der Waals surface area contributed by atoms with Crippen LogP contribution in [0.5, 0.6) is 0 Å². The lowest BCUT2D eigenvalue weighted by atomic mass is 10.1. The van der Waals surface area contributed by atoms with Crippen molar-refractivity contribution in [3.8, 4) is 0 Å². The maximum Gasteiger partial charge on any atom is 0.241 e. The molecule has 2 saturated heterocycles. The normalized spacial score (nSPS) is 36.1. The second-order valence-corrected chi connectivity index (χ2v) is 6.34. The average molecular weight is 242 g/mol.